The second-order valence-corrected chi connectivity index (χ2v) is 7.93. The highest BCUT2D eigenvalue weighted by molar-refractivity contribution is 5.97. The van der Waals surface area contributed by atoms with Crippen LogP contribution in [-0.4, -0.2) is 87.6 Å². The van der Waals surface area contributed by atoms with Crippen LogP contribution in [0.25, 0.3) is 11.0 Å². The molecule has 0 saturated carbocycles. The summed E-state index contributed by atoms with van der Waals surface area (Å²) >= 11 is 0. The van der Waals surface area contributed by atoms with Crippen LogP contribution in [0.15, 0.2) is 30.6 Å². The zero-order chi connectivity index (χ0) is 19.9. The largest absolute Gasteiger partial charge is 0.389 e. The molecule has 148 valence electrons. The lowest BCUT2D eigenvalue weighted by atomic mass is 9.75. The van der Waals surface area contributed by atoms with E-state index < -0.39 is 5.60 Å². The van der Waals surface area contributed by atoms with Gasteiger partial charge in [0.1, 0.15) is 0 Å². The van der Waals surface area contributed by atoms with Gasteiger partial charge in [0, 0.05) is 64.1 Å². The van der Waals surface area contributed by atoms with Crippen LogP contribution in [0.5, 0.6) is 0 Å². The quantitative estimate of drug-likeness (QED) is 0.800. The summed E-state index contributed by atoms with van der Waals surface area (Å²) in [4.78, 5) is 39.0. The summed E-state index contributed by atoms with van der Waals surface area (Å²) in [5.74, 6) is -0.228. The van der Waals surface area contributed by atoms with Gasteiger partial charge < -0.3 is 19.8 Å². The molecule has 1 aromatic heterocycles. The predicted octanol–water partition coefficient (Wildman–Crippen LogP) is 1.21. The zero-order valence-corrected chi connectivity index (χ0v) is 16.2. The highest BCUT2D eigenvalue weighted by Gasteiger charge is 2.47. The van der Waals surface area contributed by atoms with Gasteiger partial charge in [-0.15, -0.1) is 0 Å². The maximum atomic E-state index is 13.1. The number of fused-ring (bicyclic) bond motifs is 2. The Morgan fingerprint density at radius 1 is 1.07 bits per heavy atom. The third-order valence-corrected chi connectivity index (χ3v) is 5.93. The molecular formula is C20H25N5O3. The zero-order valence-electron chi connectivity index (χ0n) is 16.2. The van der Waals surface area contributed by atoms with E-state index in [1.54, 1.807) is 59.4 Å². The Balaban J connectivity index is 1.51. The third kappa shape index (κ3) is 3.28. The molecule has 2 atom stereocenters. The van der Waals surface area contributed by atoms with Crippen LogP contribution in [0.2, 0.25) is 0 Å². The molecule has 0 bridgehead atoms. The number of carbonyl (C=O) groups excluding carboxylic acids is 2. The lowest BCUT2D eigenvalue weighted by Gasteiger charge is -2.50. The molecule has 2 aliphatic rings. The van der Waals surface area contributed by atoms with Crippen molar-refractivity contribution in [1.29, 1.82) is 0 Å². The number of aromatic nitrogens is 2. The summed E-state index contributed by atoms with van der Waals surface area (Å²) in [5.41, 5.74) is 1.18. The van der Waals surface area contributed by atoms with E-state index in [0.717, 1.165) is 5.52 Å². The van der Waals surface area contributed by atoms with Crippen molar-refractivity contribution in [3.63, 3.8) is 0 Å². The van der Waals surface area contributed by atoms with Crippen LogP contribution in [-0.2, 0) is 0 Å². The topological polar surface area (TPSA) is 89.9 Å². The number of benzene rings is 1. The fourth-order valence-electron chi connectivity index (χ4n) is 4.22. The molecule has 3 amide bonds. The van der Waals surface area contributed by atoms with Crippen LogP contribution in [0.3, 0.4) is 0 Å². The number of amides is 3. The van der Waals surface area contributed by atoms with E-state index in [-0.39, 0.29) is 17.9 Å². The van der Waals surface area contributed by atoms with Gasteiger partial charge in [0.25, 0.3) is 5.91 Å². The van der Waals surface area contributed by atoms with Crippen LogP contribution < -0.4 is 0 Å². The minimum Gasteiger partial charge on any atom is -0.389 e. The van der Waals surface area contributed by atoms with Crippen LogP contribution in [0, 0.1) is 5.92 Å². The Morgan fingerprint density at radius 2 is 1.71 bits per heavy atom. The lowest BCUT2D eigenvalue weighted by Crippen LogP contribution is -2.62. The van der Waals surface area contributed by atoms with Crippen LogP contribution >= 0.6 is 0 Å². The number of carbonyl (C=O) groups is 2. The molecule has 0 aliphatic carbocycles. The van der Waals surface area contributed by atoms with Crippen LogP contribution in [0.4, 0.5) is 4.79 Å². The molecule has 28 heavy (non-hydrogen) atoms. The summed E-state index contributed by atoms with van der Waals surface area (Å²) in [6, 6.07) is 5.27. The molecule has 1 N–H and O–H groups in total. The van der Waals surface area contributed by atoms with Crippen molar-refractivity contribution in [2.24, 2.45) is 5.92 Å². The molecule has 3 heterocycles. The predicted molar refractivity (Wildman–Crippen MR) is 104 cm³/mol. The van der Waals surface area contributed by atoms with Gasteiger partial charge in [-0.3, -0.25) is 14.8 Å². The number of piperidine rings is 2. The molecule has 0 radical (unpaired) electrons. The third-order valence-electron chi connectivity index (χ3n) is 5.93. The van der Waals surface area contributed by atoms with Gasteiger partial charge in [-0.25, -0.2) is 4.79 Å². The van der Waals surface area contributed by atoms with Crippen molar-refractivity contribution in [2.75, 3.05) is 40.3 Å². The summed E-state index contributed by atoms with van der Waals surface area (Å²) in [6.45, 7) is 1.94. The van der Waals surface area contributed by atoms with Crippen LogP contribution in [0.1, 0.15) is 23.2 Å². The van der Waals surface area contributed by atoms with E-state index in [2.05, 4.69) is 9.97 Å². The molecule has 8 heteroatoms. The van der Waals surface area contributed by atoms with Gasteiger partial charge in [0.2, 0.25) is 0 Å². The summed E-state index contributed by atoms with van der Waals surface area (Å²) in [7, 11) is 3.45. The normalized spacial score (nSPS) is 24.8. The van der Waals surface area contributed by atoms with Gasteiger partial charge in [-0.05, 0) is 31.0 Å². The Morgan fingerprint density at radius 3 is 2.43 bits per heavy atom. The number of urea groups is 1. The fourth-order valence-corrected chi connectivity index (χ4v) is 4.22. The van der Waals surface area contributed by atoms with Crippen molar-refractivity contribution in [1.82, 2.24) is 24.7 Å². The molecule has 2 fully saturated rings. The second kappa shape index (κ2) is 7.01. The molecule has 2 aliphatic heterocycles. The van der Waals surface area contributed by atoms with Gasteiger partial charge in [0.05, 0.1) is 16.6 Å². The smallest absolute Gasteiger partial charge is 0.319 e. The van der Waals surface area contributed by atoms with Crippen molar-refractivity contribution in [3.05, 3.63) is 36.2 Å². The average Bonchev–Trinajstić information content (AvgIpc) is 2.71. The summed E-state index contributed by atoms with van der Waals surface area (Å²) in [6.07, 6.45) is 4.31. The monoisotopic (exact) mass is 383 g/mol. The molecule has 1 aromatic carbocycles. The van der Waals surface area contributed by atoms with Crippen molar-refractivity contribution in [3.8, 4) is 0 Å². The van der Waals surface area contributed by atoms with Gasteiger partial charge >= 0.3 is 6.03 Å². The first-order chi connectivity index (χ1) is 13.4. The van der Waals surface area contributed by atoms with Gasteiger partial charge in [-0.2, -0.15) is 0 Å². The minimum atomic E-state index is -0.811. The Kier molecular flexibility index (Phi) is 4.66. The first-order valence-electron chi connectivity index (χ1n) is 9.56. The van der Waals surface area contributed by atoms with Crippen molar-refractivity contribution >= 4 is 23.0 Å². The molecule has 0 unspecified atom stereocenters. The standard InChI is InChI=1S/C20H25N5O3/c1-23(2)19(27)25-10-6-20(28)5-9-24(12-15(20)13-25)18(26)14-3-4-16-17(11-14)22-8-7-21-16/h3-4,7-8,11,15,28H,5-6,9-10,12-13H2,1-2H3/t15-,20-/m1/s1. The molecular weight excluding hydrogens is 358 g/mol. The Bertz CT molecular complexity index is 918. The molecule has 2 saturated heterocycles. The van der Waals surface area contributed by atoms with E-state index >= 15 is 0 Å². The summed E-state index contributed by atoms with van der Waals surface area (Å²) < 4.78 is 0. The molecule has 2 aromatic rings. The number of hydrogen-bond acceptors (Lipinski definition) is 5. The molecule has 0 spiro atoms. The van der Waals surface area contributed by atoms with E-state index in [1.807, 2.05) is 0 Å². The maximum absolute atomic E-state index is 13.1. The lowest BCUT2D eigenvalue weighted by molar-refractivity contribution is -0.100. The molecule has 8 nitrogen and oxygen atoms in total. The fraction of sp³-hybridized carbons (Fsp3) is 0.500. The molecule has 4 rings (SSSR count). The second-order valence-electron chi connectivity index (χ2n) is 7.93. The number of likely N-dealkylation sites (tertiary alicyclic amines) is 2. The first-order valence-corrected chi connectivity index (χ1v) is 9.56. The minimum absolute atomic E-state index is 0.0568. The first kappa shape index (κ1) is 18.6. The average molecular weight is 383 g/mol. The number of nitrogens with zero attached hydrogens (tertiary/aromatic N) is 5. The number of aliphatic hydroxyl groups is 1. The van der Waals surface area contributed by atoms with Gasteiger partial charge in [-0.1, -0.05) is 0 Å². The van der Waals surface area contributed by atoms with E-state index in [0.29, 0.717) is 50.1 Å². The number of hydrogen-bond donors (Lipinski definition) is 1. The van der Waals surface area contributed by atoms with E-state index in [1.165, 1.54) is 0 Å². The highest BCUT2D eigenvalue weighted by atomic mass is 16.3. The Hall–Kier alpha value is -2.74. The van der Waals surface area contributed by atoms with Crippen molar-refractivity contribution < 1.29 is 14.7 Å². The maximum Gasteiger partial charge on any atom is 0.319 e. The van der Waals surface area contributed by atoms with Gasteiger partial charge in [0.15, 0.2) is 0 Å². The highest BCUT2D eigenvalue weighted by Crippen LogP contribution is 2.36. The van der Waals surface area contributed by atoms with E-state index in [9.17, 15) is 14.7 Å². The van der Waals surface area contributed by atoms with E-state index in [4.69, 9.17) is 0 Å². The number of rotatable bonds is 1. The Labute approximate surface area is 163 Å². The van der Waals surface area contributed by atoms with Crippen molar-refractivity contribution in [2.45, 2.75) is 18.4 Å². The SMILES string of the molecule is CN(C)C(=O)N1CC[C@]2(O)CCN(C(=O)c3ccc4nccnc4c3)C[C@@H]2C1. The summed E-state index contributed by atoms with van der Waals surface area (Å²) in [5, 5.41) is 11.0.